The number of aromatic amines is 2. The molecule has 5 heteroatoms. The van der Waals surface area contributed by atoms with Gasteiger partial charge in [0.05, 0.1) is 12.7 Å². The number of H-pyrrole nitrogens is 2. The zero-order chi connectivity index (χ0) is 7.07. The van der Waals surface area contributed by atoms with Crippen LogP contribution in [0.15, 0.2) is 37.4 Å². The third kappa shape index (κ3) is 5.55. The summed E-state index contributed by atoms with van der Waals surface area (Å²) >= 11 is 0. The Morgan fingerprint density at radius 1 is 0.818 bits per heavy atom. The molecule has 11 heavy (non-hydrogen) atoms. The van der Waals surface area contributed by atoms with E-state index >= 15 is 0 Å². The summed E-state index contributed by atoms with van der Waals surface area (Å²) in [6, 6.07) is 0. The smallest absolute Gasteiger partial charge is 0.0919 e. The fraction of sp³-hybridized carbons (Fsp3) is 0. The second-order valence-electron chi connectivity index (χ2n) is 1.52. The summed E-state index contributed by atoms with van der Waals surface area (Å²) in [5, 5.41) is 0. The van der Waals surface area contributed by atoms with E-state index in [1.165, 1.54) is 0 Å². The van der Waals surface area contributed by atoms with Gasteiger partial charge in [0.2, 0.25) is 0 Å². The molecule has 0 aliphatic rings. The first kappa shape index (κ1) is 10.1. The minimum Gasteiger partial charge on any atom is -0.351 e. The summed E-state index contributed by atoms with van der Waals surface area (Å²) < 4.78 is 0. The van der Waals surface area contributed by atoms with E-state index in [9.17, 15) is 0 Å². The number of aromatic nitrogens is 4. The average molecular weight is 331 g/mol. The van der Waals surface area contributed by atoms with Crippen molar-refractivity contribution in [3.05, 3.63) is 37.4 Å². The van der Waals surface area contributed by atoms with Gasteiger partial charge in [-0.25, -0.2) is 9.97 Å². The van der Waals surface area contributed by atoms with Crippen LogP contribution in [0.3, 0.4) is 0 Å². The molecule has 0 atom stereocenters. The number of hydrogen-bond donors (Lipinski definition) is 2. The van der Waals surface area contributed by atoms with Crippen molar-refractivity contribution in [2.75, 3.05) is 0 Å². The van der Waals surface area contributed by atoms with Crippen molar-refractivity contribution >= 4 is 0 Å². The second kappa shape index (κ2) is 7.22. The van der Waals surface area contributed by atoms with Crippen LogP contribution in [0.2, 0.25) is 0 Å². The van der Waals surface area contributed by atoms with Crippen LogP contribution in [0.25, 0.3) is 0 Å². The van der Waals surface area contributed by atoms with E-state index in [-0.39, 0.29) is 21.1 Å². The Bertz CT molecular complexity index is 154. The zero-order valence-corrected chi connectivity index (χ0v) is 7.95. The summed E-state index contributed by atoms with van der Waals surface area (Å²) in [5.74, 6) is 0. The summed E-state index contributed by atoms with van der Waals surface area (Å²) in [6.07, 6.45) is 10.2. The molecule has 0 fully saturated rings. The van der Waals surface area contributed by atoms with E-state index in [4.69, 9.17) is 0 Å². The Morgan fingerprint density at radius 3 is 1.36 bits per heavy atom. The Morgan fingerprint density at radius 2 is 1.27 bits per heavy atom. The standard InChI is InChI=1S/2C3H4N2.Pt/c2*1-2-5-3-4-1;/h2*1-3H,(H,4,5);. The molecule has 0 unspecified atom stereocenters. The van der Waals surface area contributed by atoms with Crippen LogP contribution in [0.1, 0.15) is 0 Å². The zero-order valence-electron chi connectivity index (χ0n) is 5.67. The van der Waals surface area contributed by atoms with Crippen molar-refractivity contribution in [1.82, 2.24) is 19.9 Å². The van der Waals surface area contributed by atoms with Crippen molar-refractivity contribution < 1.29 is 21.1 Å². The molecule has 0 radical (unpaired) electrons. The SMILES string of the molecule is [Pt].c1c[nH]cn1.c1c[nH]cn1. The van der Waals surface area contributed by atoms with Gasteiger partial charge in [-0.1, -0.05) is 0 Å². The molecule has 4 nitrogen and oxygen atoms in total. The van der Waals surface area contributed by atoms with Gasteiger partial charge in [-0.3, -0.25) is 0 Å². The van der Waals surface area contributed by atoms with Crippen LogP contribution in [0.5, 0.6) is 0 Å². The second-order valence-corrected chi connectivity index (χ2v) is 1.52. The maximum atomic E-state index is 3.67. The van der Waals surface area contributed by atoms with Gasteiger partial charge < -0.3 is 9.97 Å². The Kier molecular flexibility index (Phi) is 6.63. The van der Waals surface area contributed by atoms with Crippen LogP contribution >= 0.6 is 0 Å². The predicted molar refractivity (Wildman–Crippen MR) is 37.2 cm³/mol. The molecule has 2 N–H and O–H groups in total. The topological polar surface area (TPSA) is 57.4 Å². The van der Waals surface area contributed by atoms with Crippen LogP contribution in [-0.2, 0) is 21.1 Å². The molecule has 0 bridgehead atoms. The Labute approximate surface area is 78.7 Å². The van der Waals surface area contributed by atoms with E-state index in [0.717, 1.165) is 0 Å². The van der Waals surface area contributed by atoms with Crippen LogP contribution in [0.4, 0.5) is 0 Å². The minimum absolute atomic E-state index is 0. The number of rotatable bonds is 0. The molecule has 0 spiro atoms. The molecule has 2 heterocycles. The largest absolute Gasteiger partial charge is 0.351 e. The first-order chi connectivity index (χ1) is 5.00. The van der Waals surface area contributed by atoms with Crippen molar-refractivity contribution in [2.24, 2.45) is 0 Å². The molecule has 2 aromatic heterocycles. The van der Waals surface area contributed by atoms with E-state index in [0.29, 0.717) is 0 Å². The van der Waals surface area contributed by atoms with Gasteiger partial charge in [-0.15, -0.1) is 0 Å². The van der Waals surface area contributed by atoms with Crippen LogP contribution < -0.4 is 0 Å². The molecule has 0 saturated heterocycles. The quantitative estimate of drug-likeness (QED) is 0.751. The van der Waals surface area contributed by atoms with Crippen LogP contribution in [-0.4, -0.2) is 19.9 Å². The van der Waals surface area contributed by atoms with E-state index in [1.54, 1.807) is 37.4 Å². The third-order valence-electron chi connectivity index (χ3n) is 0.812. The van der Waals surface area contributed by atoms with Gasteiger partial charge in [0.1, 0.15) is 0 Å². The maximum Gasteiger partial charge on any atom is 0.0919 e. The van der Waals surface area contributed by atoms with Gasteiger partial charge in [-0.2, -0.15) is 0 Å². The van der Waals surface area contributed by atoms with Crippen molar-refractivity contribution in [1.29, 1.82) is 0 Å². The van der Waals surface area contributed by atoms with Crippen molar-refractivity contribution in [3.8, 4) is 0 Å². The number of nitrogens with one attached hydrogen (secondary N) is 2. The Balaban J connectivity index is 0.000000167. The van der Waals surface area contributed by atoms with Gasteiger partial charge in [-0.05, 0) is 0 Å². The number of hydrogen-bond acceptors (Lipinski definition) is 2. The first-order valence-corrected chi connectivity index (χ1v) is 2.85. The van der Waals surface area contributed by atoms with E-state index in [1.807, 2.05) is 0 Å². The average Bonchev–Trinajstić information content (AvgIpc) is 2.67. The predicted octanol–water partition coefficient (Wildman–Crippen LogP) is 0.817. The first-order valence-electron chi connectivity index (χ1n) is 2.85. The van der Waals surface area contributed by atoms with E-state index in [2.05, 4.69) is 19.9 Å². The Hall–Kier alpha value is -0.892. The molecular weight excluding hydrogens is 323 g/mol. The molecular formula is C6H8N4Pt. The summed E-state index contributed by atoms with van der Waals surface area (Å²) in [5.41, 5.74) is 0. The van der Waals surface area contributed by atoms with Crippen molar-refractivity contribution in [2.45, 2.75) is 0 Å². The number of imidazole rings is 2. The third-order valence-corrected chi connectivity index (χ3v) is 0.812. The number of nitrogens with zero attached hydrogens (tertiary/aromatic N) is 2. The van der Waals surface area contributed by atoms with Crippen molar-refractivity contribution in [3.63, 3.8) is 0 Å². The molecule has 2 aromatic rings. The minimum atomic E-state index is 0. The molecule has 0 aromatic carbocycles. The van der Waals surface area contributed by atoms with E-state index < -0.39 is 0 Å². The van der Waals surface area contributed by atoms with Crippen LogP contribution in [0, 0.1) is 0 Å². The summed E-state index contributed by atoms with van der Waals surface area (Å²) in [4.78, 5) is 12.8. The molecule has 0 aliphatic carbocycles. The van der Waals surface area contributed by atoms with Gasteiger partial charge in [0.25, 0.3) is 0 Å². The fourth-order valence-corrected chi connectivity index (χ4v) is 0.430. The normalized spacial score (nSPS) is 7.27. The molecule has 2 rings (SSSR count). The molecule has 62 valence electrons. The maximum absolute atomic E-state index is 3.67. The summed E-state index contributed by atoms with van der Waals surface area (Å²) in [7, 11) is 0. The summed E-state index contributed by atoms with van der Waals surface area (Å²) in [6.45, 7) is 0. The fourth-order valence-electron chi connectivity index (χ4n) is 0.430. The molecule has 0 amide bonds. The van der Waals surface area contributed by atoms with Gasteiger partial charge in [0, 0.05) is 45.9 Å². The van der Waals surface area contributed by atoms with Gasteiger partial charge in [0.15, 0.2) is 0 Å². The molecule has 0 saturated carbocycles. The molecule has 0 aliphatic heterocycles. The van der Waals surface area contributed by atoms with Gasteiger partial charge >= 0.3 is 0 Å². The monoisotopic (exact) mass is 331 g/mol.